The van der Waals surface area contributed by atoms with E-state index in [1.807, 2.05) is 0 Å². The number of aryl methyl sites for hydroxylation is 1. The van der Waals surface area contributed by atoms with Gasteiger partial charge in [0, 0.05) is 22.2 Å². The molecule has 7 nitrogen and oxygen atoms in total. The van der Waals surface area contributed by atoms with Crippen LogP contribution in [0.15, 0.2) is 38.5 Å². The van der Waals surface area contributed by atoms with Gasteiger partial charge in [-0.3, -0.25) is 4.79 Å². The van der Waals surface area contributed by atoms with Crippen molar-refractivity contribution in [1.29, 1.82) is 0 Å². The van der Waals surface area contributed by atoms with Crippen molar-refractivity contribution in [3.8, 4) is 5.95 Å². The number of aliphatic imine (C=N–C) groups is 1. The van der Waals surface area contributed by atoms with Gasteiger partial charge in [0.15, 0.2) is 5.71 Å². The summed E-state index contributed by atoms with van der Waals surface area (Å²) in [6.07, 6.45) is 1.43. The van der Waals surface area contributed by atoms with Crippen molar-refractivity contribution in [2.45, 2.75) is 6.92 Å². The molecule has 0 amide bonds. The number of hydrogen-bond donors (Lipinski definition) is 2. The number of halogens is 1. The molecule has 1 aliphatic rings. The first-order valence-corrected chi connectivity index (χ1v) is 7.93. The fraction of sp³-hybridized carbons (Fsp3) is 0.105. The number of H-pyrrole nitrogens is 1. The summed E-state index contributed by atoms with van der Waals surface area (Å²) in [6, 6.07) is 5.55. The van der Waals surface area contributed by atoms with E-state index in [2.05, 4.69) is 9.98 Å². The standard InChI is InChI=1S/C19H13FN2O5/c1-8-5-12-14(27-18(24)15(12)17(23)21-8)7-11-10-6-9(20)3-4-13(10)22-16(11)19(25)26-2/h3-7,24H,1-2H3,(H,21,23). The second-order valence-electron chi connectivity index (χ2n) is 6.01. The SMILES string of the molecule is COC(=O)C1=Nc2ccc(F)cc2C1=Cc1oc(O)c2c(=O)[nH]c(C)cc12. The van der Waals surface area contributed by atoms with E-state index in [4.69, 9.17) is 9.15 Å². The molecule has 2 aromatic heterocycles. The van der Waals surface area contributed by atoms with Crippen LogP contribution in [0.1, 0.15) is 17.0 Å². The Balaban J connectivity index is 1.99. The van der Waals surface area contributed by atoms with Crippen LogP contribution in [0, 0.1) is 12.7 Å². The highest BCUT2D eigenvalue weighted by Gasteiger charge is 2.28. The third-order valence-electron chi connectivity index (χ3n) is 4.24. The monoisotopic (exact) mass is 368 g/mol. The minimum absolute atomic E-state index is 0.0125. The Morgan fingerprint density at radius 3 is 2.89 bits per heavy atom. The van der Waals surface area contributed by atoms with Crippen LogP contribution < -0.4 is 5.56 Å². The summed E-state index contributed by atoms with van der Waals surface area (Å²) in [7, 11) is 1.21. The minimum Gasteiger partial charge on any atom is -0.480 e. The lowest BCUT2D eigenvalue weighted by atomic mass is 10.0. The molecule has 2 N–H and O–H groups in total. The van der Waals surface area contributed by atoms with Crippen LogP contribution in [0.3, 0.4) is 0 Å². The molecule has 0 unspecified atom stereocenters. The van der Waals surface area contributed by atoms with Gasteiger partial charge in [-0.1, -0.05) is 0 Å². The number of nitrogens with zero attached hydrogens (tertiary/aromatic N) is 1. The first-order valence-electron chi connectivity index (χ1n) is 7.93. The smallest absolute Gasteiger partial charge is 0.357 e. The first-order chi connectivity index (χ1) is 12.9. The Kier molecular flexibility index (Phi) is 3.69. The summed E-state index contributed by atoms with van der Waals surface area (Å²) in [5.41, 5.74) is 1.08. The molecule has 0 saturated carbocycles. The molecule has 136 valence electrons. The second-order valence-corrected chi connectivity index (χ2v) is 6.01. The van der Waals surface area contributed by atoms with E-state index in [-0.39, 0.29) is 22.4 Å². The lowest BCUT2D eigenvalue weighted by Gasteiger charge is -2.03. The Hall–Kier alpha value is -3.68. The van der Waals surface area contributed by atoms with E-state index in [1.165, 1.54) is 31.4 Å². The zero-order valence-electron chi connectivity index (χ0n) is 14.3. The van der Waals surface area contributed by atoms with Gasteiger partial charge in [-0.05, 0) is 37.3 Å². The Morgan fingerprint density at radius 2 is 2.15 bits per heavy atom. The molecule has 3 heterocycles. The van der Waals surface area contributed by atoms with Crippen LogP contribution in [0.5, 0.6) is 5.95 Å². The average molecular weight is 368 g/mol. The molecule has 0 radical (unpaired) electrons. The Labute approximate surface area is 151 Å². The van der Waals surface area contributed by atoms with Gasteiger partial charge in [-0.25, -0.2) is 14.2 Å². The van der Waals surface area contributed by atoms with Crippen LogP contribution in [-0.2, 0) is 9.53 Å². The highest BCUT2D eigenvalue weighted by atomic mass is 19.1. The lowest BCUT2D eigenvalue weighted by Crippen LogP contribution is -2.14. The maximum Gasteiger partial charge on any atom is 0.357 e. The van der Waals surface area contributed by atoms with Crippen molar-refractivity contribution >= 4 is 39.8 Å². The van der Waals surface area contributed by atoms with E-state index in [9.17, 15) is 19.1 Å². The molecule has 0 atom stereocenters. The van der Waals surface area contributed by atoms with E-state index in [0.717, 1.165) is 0 Å². The predicted molar refractivity (Wildman–Crippen MR) is 96.6 cm³/mol. The number of ether oxygens (including phenoxy) is 1. The molecule has 0 fully saturated rings. The lowest BCUT2D eigenvalue weighted by molar-refractivity contribution is -0.132. The van der Waals surface area contributed by atoms with Gasteiger partial charge in [0.2, 0.25) is 0 Å². The van der Waals surface area contributed by atoms with Gasteiger partial charge >= 0.3 is 5.97 Å². The number of carbonyl (C=O) groups excluding carboxylic acids is 1. The summed E-state index contributed by atoms with van der Waals surface area (Å²) in [5, 5.41) is 10.3. The van der Waals surface area contributed by atoms with Crippen LogP contribution in [0.25, 0.3) is 22.4 Å². The van der Waals surface area contributed by atoms with Crippen LogP contribution in [-0.4, -0.2) is 28.9 Å². The van der Waals surface area contributed by atoms with E-state index in [0.29, 0.717) is 22.3 Å². The van der Waals surface area contributed by atoms with Gasteiger partial charge in [-0.2, -0.15) is 0 Å². The average Bonchev–Trinajstić information content (AvgIpc) is 3.12. The number of benzene rings is 1. The Bertz CT molecular complexity index is 1230. The van der Waals surface area contributed by atoms with Crippen molar-refractivity contribution in [2.24, 2.45) is 4.99 Å². The number of pyridine rings is 1. The number of hydrogen-bond acceptors (Lipinski definition) is 6. The molecule has 0 bridgehead atoms. The third kappa shape index (κ3) is 2.62. The summed E-state index contributed by atoms with van der Waals surface area (Å²) in [5.74, 6) is -1.61. The van der Waals surface area contributed by atoms with Crippen molar-refractivity contribution in [2.75, 3.05) is 7.11 Å². The summed E-state index contributed by atoms with van der Waals surface area (Å²) >= 11 is 0. The highest BCUT2D eigenvalue weighted by Crippen LogP contribution is 2.39. The zero-order valence-corrected chi connectivity index (χ0v) is 14.3. The van der Waals surface area contributed by atoms with Gasteiger partial charge < -0.3 is 19.2 Å². The molecular formula is C19H13FN2O5. The van der Waals surface area contributed by atoms with E-state index >= 15 is 0 Å². The molecule has 27 heavy (non-hydrogen) atoms. The molecule has 8 heteroatoms. The number of nitrogens with one attached hydrogen (secondary N) is 1. The van der Waals surface area contributed by atoms with E-state index in [1.54, 1.807) is 13.0 Å². The fourth-order valence-electron chi connectivity index (χ4n) is 3.07. The van der Waals surface area contributed by atoms with E-state index < -0.39 is 23.3 Å². The van der Waals surface area contributed by atoms with Crippen molar-refractivity contribution in [1.82, 2.24) is 4.98 Å². The first kappa shape index (κ1) is 16.8. The molecule has 1 aliphatic heterocycles. The maximum atomic E-state index is 13.7. The number of aromatic nitrogens is 1. The summed E-state index contributed by atoms with van der Waals surface area (Å²) in [6.45, 7) is 1.68. The third-order valence-corrected chi connectivity index (χ3v) is 4.24. The normalized spacial score (nSPS) is 14.5. The molecular weight excluding hydrogens is 355 g/mol. The number of fused-ring (bicyclic) bond motifs is 2. The molecule has 0 saturated heterocycles. The number of esters is 1. The molecule has 0 aliphatic carbocycles. The predicted octanol–water partition coefficient (Wildman–Crippen LogP) is 3.07. The molecule has 0 spiro atoms. The number of carbonyl (C=O) groups is 1. The minimum atomic E-state index is -0.702. The summed E-state index contributed by atoms with van der Waals surface area (Å²) in [4.78, 5) is 31.0. The highest BCUT2D eigenvalue weighted by molar-refractivity contribution is 6.58. The number of methoxy groups -OCH3 is 1. The second kappa shape index (κ2) is 5.94. The number of aromatic amines is 1. The quantitative estimate of drug-likeness (QED) is 0.677. The van der Waals surface area contributed by atoms with Gasteiger partial charge in [0.1, 0.15) is 17.0 Å². The van der Waals surface area contributed by atoms with Gasteiger partial charge in [0.05, 0.1) is 12.8 Å². The maximum absolute atomic E-state index is 13.7. The molecule has 3 aromatic rings. The van der Waals surface area contributed by atoms with Crippen molar-refractivity contribution < 1.29 is 23.4 Å². The topological polar surface area (TPSA) is 105 Å². The molecule has 1 aromatic carbocycles. The van der Waals surface area contributed by atoms with Crippen LogP contribution in [0.2, 0.25) is 0 Å². The van der Waals surface area contributed by atoms with Gasteiger partial charge in [-0.15, -0.1) is 0 Å². The van der Waals surface area contributed by atoms with Crippen molar-refractivity contribution in [3.05, 3.63) is 57.5 Å². The fourth-order valence-corrected chi connectivity index (χ4v) is 3.07. The van der Waals surface area contributed by atoms with Crippen LogP contribution >= 0.6 is 0 Å². The van der Waals surface area contributed by atoms with Gasteiger partial charge in [0.25, 0.3) is 11.5 Å². The summed E-state index contributed by atoms with van der Waals surface area (Å²) < 4.78 is 23.8. The number of rotatable bonds is 2. The Morgan fingerprint density at radius 1 is 1.37 bits per heavy atom. The van der Waals surface area contributed by atoms with Crippen molar-refractivity contribution in [3.63, 3.8) is 0 Å². The molecule has 4 rings (SSSR count). The van der Waals surface area contributed by atoms with Crippen LogP contribution in [0.4, 0.5) is 10.1 Å². The largest absolute Gasteiger partial charge is 0.480 e. The zero-order chi connectivity index (χ0) is 19.3. The number of aromatic hydroxyl groups is 1. The number of furan rings is 1.